The number of esters is 2. The third kappa shape index (κ3) is 10.2. The van der Waals surface area contributed by atoms with Crippen molar-refractivity contribution in [3.63, 3.8) is 0 Å². The van der Waals surface area contributed by atoms with E-state index in [0.717, 1.165) is 27.6 Å². The molecule has 2 aromatic carbocycles. The van der Waals surface area contributed by atoms with Crippen LogP contribution in [0, 0.1) is 52.0 Å². The molecule has 4 rings (SSSR count). The van der Waals surface area contributed by atoms with Crippen LogP contribution in [-0.4, -0.2) is 37.5 Å². The normalized spacial score (nSPS) is 16.1. The number of ether oxygens (including phenoxy) is 2. The van der Waals surface area contributed by atoms with Gasteiger partial charge in [-0.05, 0) is 52.2 Å². The minimum absolute atomic E-state index is 0. The van der Waals surface area contributed by atoms with Gasteiger partial charge in [-0.2, -0.15) is 0 Å². The molecule has 43 heavy (non-hydrogen) atoms. The Kier molecular flexibility index (Phi) is 24.1. The molecule has 2 aliphatic rings. The van der Waals surface area contributed by atoms with Crippen LogP contribution in [0.25, 0.3) is 0 Å². The number of carbonyl (C=O) groups is 2. The van der Waals surface area contributed by atoms with E-state index < -0.39 is 19.9 Å². The van der Waals surface area contributed by atoms with Crippen LogP contribution in [0.1, 0.15) is 30.5 Å². The molecule has 11 heteroatoms. The Hall–Kier alpha value is -3.76. The average Bonchev–Trinajstić information content (AvgIpc) is 3.55. The smallest absolute Gasteiger partial charge is 0 e. The monoisotopic (exact) mass is 768 g/mol. The summed E-state index contributed by atoms with van der Waals surface area (Å²) in [5, 5.41) is 1.09. The first-order valence-electron chi connectivity index (χ1n) is 11.4. The summed E-state index contributed by atoms with van der Waals surface area (Å²) in [5.41, 5.74) is 5.88. The summed E-state index contributed by atoms with van der Waals surface area (Å²) < 4.78 is 47.7. The van der Waals surface area contributed by atoms with Crippen molar-refractivity contribution in [2.75, 3.05) is 14.2 Å². The summed E-state index contributed by atoms with van der Waals surface area (Å²) in [6.45, 7) is 28.6. The van der Waals surface area contributed by atoms with Crippen molar-refractivity contribution in [2.24, 2.45) is 0 Å². The van der Waals surface area contributed by atoms with Crippen molar-refractivity contribution in [2.45, 2.75) is 32.1 Å². The number of rotatable bonds is 3. The van der Waals surface area contributed by atoms with Crippen molar-refractivity contribution in [3.05, 3.63) is 121 Å². The number of carbonyl (C=O) groups excluding carboxylic acids is 2. The van der Waals surface area contributed by atoms with Gasteiger partial charge in [-0.15, -0.1) is 0 Å². The van der Waals surface area contributed by atoms with E-state index in [1.165, 1.54) is 19.8 Å². The van der Waals surface area contributed by atoms with Gasteiger partial charge in [0.05, 0.1) is 25.4 Å². The van der Waals surface area contributed by atoms with E-state index in [1.54, 1.807) is 0 Å². The summed E-state index contributed by atoms with van der Waals surface area (Å²) in [5.74, 6) is 5.69. The Morgan fingerprint density at radius 1 is 0.674 bits per heavy atom. The largest absolute Gasteiger partial charge is 0 e. The molecule has 9 nitrogen and oxygen atoms in total. The Labute approximate surface area is 266 Å². The van der Waals surface area contributed by atoms with Crippen LogP contribution < -0.4 is 5.30 Å². The maximum atomic E-state index is 12.8. The van der Waals surface area contributed by atoms with Gasteiger partial charge in [0.25, 0.3) is 0 Å². The fourth-order valence-electron chi connectivity index (χ4n) is 4.53. The Morgan fingerprint density at radius 3 is 1.47 bits per heavy atom. The van der Waals surface area contributed by atoms with E-state index in [-0.39, 0.29) is 32.4 Å². The van der Waals surface area contributed by atoms with Gasteiger partial charge in [0.15, 0.2) is 0 Å². The van der Waals surface area contributed by atoms with E-state index in [2.05, 4.69) is 51.2 Å². The molecule has 2 atom stereocenters. The Bertz CT molecular complexity index is 1390. The zero-order valence-corrected chi connectivity index (χ0v) is 27.6. The predicted molar refractivity (Wildman–Crippen MR) is 147 cm³/mol. The molecule has 0 saturated heterocycles. The first kappa shape index (κ1) is 43.7. The number of fused-ring (bicyclic) bond motifs is 2. The molecule has 0 aromatic heterocycles. The molecule has 0 N–H and O–H groups in total. The number of hydrogen-bond acceptors (Lipinski definition) is 4. The van der Waals surface area contributed by atoms with Crippen molar-refractivity contribution < 1.29 is 63.4 Å². The molecule has 2 aliphatic heterocycles. The maximum Gasteiger partial charge on any atom is 0 e. The molecule has 0 amide bonds. The molecule has 0 spiro atoms. The van der Waals surface area contributed by atoms with Gasteiger partial charge in [-0.25, -0.2) is 9.59 Å². The molecule has 2 heterocycles. The topological polar surface area (TPSA) is 152 Å². The number of hydrogen-bond donors (Lipinski definition) is 0. The first-order chi connectivity index (χ1) is 20.4. The van der Waals surface area contributed by atoms with Crippen LogP contribution in [0.15, 0.2) is 70.8 Å². The van der Waals surface area contributed by atoms with Crippen LogP contribution >= 0.6 is 7.92 Å². The van der Waals surface area contributed by atoms with Gasteiger partial charge in [-0.1, -0.05) is 58.9 Å². The summed E-state index contributed by atoms with van der Waals surface area (Å²) in [6.07, 6.45) is 0. The molecular formula is C32H25O9PW. The molecule has 2 bridgehead atoms. The van der Waals surface area contributed by atoms with Gasteiger partial charge in [0.1, 0.15) is 0 Å². The van der Waals surface area contributed by atoms with Crippen LogP contribution in [0.2, 0.25) is 0 Å². The summed E-state index contributed by atoms with van der Waals surface area (Å²) in [6, 6.07) is 16.2. The second kappa shape index (κ2) is 23.8. The molecule has 0 fully saturated rings. The molecular weight excluding hydrogens is 743 g/mol. The minimum atomic E-state index is -0.944. The van der Waals surface area contributed by atoms with E-state index in [0.29, 0.717) is 11.1 Å². The molecule has 2 aromatic rings. The summed E-state index contributed by atoms with van der Waals surface area (Å²) >= 11 is 0. The number of allylic oxidation sites excluding steroid dienone is 2. The van der Waals surface area contributed by atoms with Gasteiger partial charge >= 0.3 is 68.5 Å². The van der Waals surface area contributed by atoms with Crippen molar-refractivity contribution in [1.82, 2.24) is 0 Å². The standard InChI is InChI=1S/C27H25O4P.5CO.W/c1-16-10-12-19(13-11-16)14-15-20-8-6-7-9-21(20)32-24-17(2)18(3)25(32)23(27(29)31-5)22(24)26(28)30-4;5*1-2;/h6-13,24-25H,1-5H3;;;;;;. The second-order valence-electron chi connectivity index (χ2n) is 8.02. The number of aryl methyl sites for hydroxylation is 1. The minimum Gasteiger partial charge on any atom is 0 e. The van der Waals surface area contributed by atoms with Crippen LogP contribution in [0.3, 0.4) is 0 Å². The van der Waals surface area contributed by atoms with Crippen molar-refractivity contribution >= 4 is 25.2 Å². The third-order valence-corrected chi connectivity index (χ3v) is 9.57. The maximum absolute atomic E-state index is 12.8. The molecule has 0 saturated carbocycles. The molecule has 0 radical (unpaired) electrons. The zero-order valence-electron chi connectivity index (χ0n) is 23.8. The SMILES string of the molecule is COC(=O)C1=C(C(=O)OC)C2C(C)=C(C)C1P2c1ccccc1C#Cc1ccc(C)cc1.[C-]#[O+].[C-]#[O+].[C-]#[O+].[C-]#[O+].[C-]#[O+].[W]. The summed E-state index contributed by atoms with van der Waals surface area (Å²) in [7, 11) is 1.76. The van der Waals surface area contributed by atoms with Crippen LogP contribution in [-0.2, 0) is 63.4 Å². The Morgan fingerprint density at radius 2 is 1.07 bits per heavy atom. The predicted octanol–water partition coefficient (Wildman–Crippen LogP) is 4.06. The van der Waals surface area contributed by atoms with Gasteiger partial charge in [0, 0.05) is 43.5 Å². The van der Waals surface area contributed by atoms with Gasteiger partial charge < -0.3 is 9.47 Å². The van der Waals surface area contributed by atoms with E-state index >= 15 is 0 Å². The number of benzene rings is 2. The van der Waals surface area contributed by atoms with Gasteiger partial charge in [-0.3, -0.25) is 0 Å². The zero-order chi connectivity index (χ0) is 33.0. The second-order valence-corrected chi connectivity index (χ2v) is 10.4. The van der Waals surface area contributed by atoms with Crippen LogP contribution in [0.4, 0.5) is 0 Å². The van der Waals surface area contributed by atoms with Crippen molar-refractivity contribution in [3.8, 4) is 11.8 Å². The van der Waals surface area contributed by atoms with Crippen molar-refractivity contribution in [1.29, 1.82) is 0 Å². The quantitative estimate of drug-likeness (QED) is 0.116. The van der Waals surface area contributed by atoms with E-state index in [9.17, 15) is 9.59 Å². The van der Waals surface area contributed by atoms with Crippen LogP contribution in [0.5, 0.6) is 0 Å². The fourth-order valence-corrected chi connectivity index (χ4v) is 8.33. The van der Waals surface area contributed by atoms with E-state index in [4.69, 9.17) is 32.7 Å². The molecule has 2 unspecified atom stereocenters. The third-order valence-electron chi connectivity index (χ3n) is 6.22. The molecule has 218 valence electrons. The average molecular weight is 768 g/mol. The fraction of sp³-hybridized carbons (Fsp3) is 0.219. The first-order valence-corrected chi connectivity index (χ1v) is 12.9. The summed E-state index contributed by atoms with van der Waals surface area (Å²) in [4.78, 5) is 25.5. The Balaban J connectivity index is -0.00000132. The van der Waals surface area contributed by atoms with E-state index in [1.807, 2.05) is 63.2 Å². The number of methoxy groups -OCH3 is 2. The van der Waals surface area contributed by atoms with Gasteiger partial charge in [0.2, 0.25) is 0 Å². The molecule has 0 aliphatic carbocycles.